The van der Waals surface area contributed by atoms with Crippen LogP contribution in [0.1, 0.15) is 39.0 Å². The number of carbonyl (C=O) groups excluding carboxylic acids is 1. The summed E-state index contributed by atoms with van der Waals surface area (Å²) in [5.41, 5.74) is 0.00824. The highest BCUT2D eigenvalue weighted by atomic mass is 32.1. The molecule has 1 saturated carbocycles. The van der Waals surface area contributed by atoms with E-state index in [0.717, 1.165) is 11.9 Å². The van der Waals surface area contributed by atoms with Gasteiger partial charge in [0.25, 0.3) is 5.56 Å². The molecule has 1 aliphatic rings. The molecule has 0 aromatic carbocycles. The van der Waals surface area contributed by atoms with Crippen molar-refractivity contribution in [2.45, 2.75) is 45.6 Å². The fourth-order valence-corrected chi connectivity index (χ4v) is 3.68. The van der Waals surface area contributed by atoms with Gasteiger partial charge in [0.1, 0.15) is 4.70 Å². The molecule has 3 rings (SSSR count). The van der Waals surface area contributed by atoms with E-state index in [4.69, 9.17) is 0 Å². The molecule has 0 saturated heterocycles. The molecule has 0 unspecified atom stereocenters. The third kappa shape index (κ3) is 2.85. The van der Waals surface area contributed by atoms with Gasteiger partial charge in [-0.3, -0.25) is 9.59 Å². The van der Waals surface area contributed by atoms with Crippen LogP contribution in [-0.4, -0.2) is 14.8 Å². The summed E-state index contributed by atoms with van der Waals surface area (Å²) in [4.78, 5) is 24.0. The minimum atomic E-state index is -0.0858. The maximum absolute atomic E-state index is 12.5. The van der Waals surface area contributed by atoms with Crippen molar-refractivity contribution in [2.75, 3.05) is 5.32 Å². The van der Waals surface area contributed by atoms with Gasteiger partial charge in [-0.15, -0.1) is 0 Å². The van der Waals surface area contributed by atoms with Crippen LogP contribution in [0.4, 0.5) is 5.82 Å². The van der Waals surface area contributed by atoms with Crippen molar-refractivity contribution in [1.29, 1.82) is 0 Å². The lowest BCUT2D eigenvalue weighted by molar-refractivity contribution is -0.115. The summed E-state index contributed by atoms with van der Waals surface area (Å²) in [6, 6.07) is 1.89. The molecule has 0 atom stereocenters. The standard InChI is InChI=1S/C15H19N3O2S/c1-2-12(19)16-14-11-7-8-18(9-10-5-3-4-6-10)15(20)13(11)21-17-14/h7-8,10H,2-6,9H2,1H3,(H,16,17,19). The second kappa shape index (κ2) is 5.97. The number of fused-ring (bicyclic) bond motifs is 1. The molecule has 0 radical (unpaired) electrons. The second-order valence-corrected chi connectivity index (χ2v) is 6.37. The number of nitrogens with one attached hydrogen (secondary N) is 1. The maximum Gasteiger partial charge on any atom is 0.270 e. The molecular weight excluding hydrogens is 286 g/mol. The summed E-state index contributed by atoms with van der Waals surface area (Å²) >= 11 is 1.17. The SMILES string of the molecule is CCC(=O)Nc1nsc2c(=O)n(CC3CCCC3)ccc12. The first kappa shape index (κ1) is 14.3. The quantitative estimate of drug-likeness (QED) is 0.944. The molecule has 1 fully saturated rings. The topological polar surface area (TPSA) is 64.0 Å². The van der Waals surface area contributed by atoms with Crippen LogP contribution >= 0.6 is 11.5 Å². The summed E-state index contributed by atoms with van der Waals surface area (Å²) in [6.45, 7) is 2.59. The molecule has 112 valence electrons. The molecule has 0 spiro atoms. The Balaban J connectivity index is 1.90. The van der Waals surface area contributed by atoms with E-state index in [1.54, 1.807) is 11.5 Å². The molecule has 2 aromatic rings. The number of amides is 1. The van der Waals surface area contributed by atoms with Crippen LogP contribution in [0.3, 0.4) is 0 Å². The van der Waals surface area contributed by atoms with E-state index in [1.165, 1.54) is 37.2 Å². The highest BCUT2D eigenvalue weighted by Gasteiger charge is 2.18. The van der Waals surface area contributed by atoms with Crippen LogP contribution in [-0.2, 0) is 11.3 Å². The highest BCUT2D eigenvalue weighted by Crippen LogP contribution is 2.27. The normalized spacial score (nSPS) is 15.7. The summed E-state index contributed by atoms with van der Waals surface area (Å²) in [7, 11) is 0. The van der Waals surface area contributed by atoms with Gasteiger partial charge >= 0.3 is 0 Å². The molecule has 0 bridgehead atoms. The molecule has 0 aliphatic heterocycles. The number of rotatable bonds is 4. The smallest absolute Gasteiger partial charge is 0.270 e. The van der Waals surface area contributed by atoms with Gasteiger partial charge in [-0.05, 0) is 36.4 Å². The summed E-state index contributed by atoms with van der Waals surface area (Å²) < 4.78 is 6.63. The number of hydrogen-bond donors (Lipinski definition) is 1. The fourth-order valence-electron chi connectivity index (χ4n) is 2.89. The molecule has 2 heterocycles. The van der Waals surface area contributed by atoms with Crippen LogP contribution < -0.4 is 10.9 Å². The van der Waals surface area contributed by atoms with Crippen molar-refractivity contribution in [3.8, 4) is 0 Å². The number of anilines is 1. The monoisotopic (exact) mass is 305 g/mol. The summed E-state index contributed by atoms with van der Waals surface area (Å²) in [5.74, 6) is 1.04. The zero-order valence-electron chi connectivity index (χ0n) is 12.1. The van der Waals surface area contributed by atoms with Crippen LogP contribution in [0.2, 0.25) is 0 Å². The lowest BCUT2D eigenvalue weighted by atomic mass is 10.1. The van der Waals surface area contributed by atoms with Crippen molar-refractivity contribution in [3.63, 3.8) is 0 Å². The first-order valence-electron chi connectivity index (χ1n) is 7.47. The molecule has 1 aliphatic carbocycles. The van der Waals surface area contributed by atoms with Gasteiger partial charge in [-0.1, -0.05) is 19.8 Å². The number of carbonyl (C=O) groups is 1. The summed E-state index contributed by atoms with van der Waals surface area (Å²) in [6.07, 6.45) is 7.21. The predicted molar refractivity (Wildman–Crippen MR) is 84.8 cm³/mol. The molecule has 1 amide bonds. The van der Waals surface area contributed by atoms with E-state index in [2.05, 4.69) is 9.69 Å². The Labute approximate surface area is 127 Å². The van der Waals surface area contributed by atoms with Gasteiger partial charge in [-0.25, -0.2) is 0 Å². The van der Waals surface area contributed by atoms with Crippen LogP contribution in [0.25, 0.3) is 10.1 Å². The van der Waals surface area contributed by atoms with Crippen molar-refractivity contribution < 1.29 is 4.79 Å². The van der Waals surface area contributed by atoms with Crippen molar-refractivity contribution in [1.82, 2.24) is 8.94 Å². The van der Waals surface area contributed by atoms with Gasteiger partial charge in [0, 0.05) is 24.5 Å². The predicted octanol–water partition coefficient (Wildman–Crippen LogP) is 3.00. The number of hydrogen-bond acceptors (Lipinski definition) is 4. The Morgan fingerprint density at radius 3 is 2.95 bits per heavy atom. The van der Waals surface area contributed by atoms with E-state index in [-0.39, 0.29) is 11.5 Å². The maximum atomic E-state index is 12.5. The van der Waals surface area contributed by atoms with E-state index in [1.807, 2.05) is 12.3 Å². The van der Waals surface area contributed by atoms with Gasteiger partial charge in [-0.2, -0.15) is 4.37 Å². The third-order valence-corrected chi connectivity index (χ3v) is 4.96. The molecular formula is C15H19N3O2S. The fraction of sp³-hybridized carbons (Fsp3) is 0.533. The Kier molecular flexibility index (Phi) is 4.05. The lowest BCUT2D eigenvalue weighted by Gasteiger charge is -2.11. The highest BCUT2D eigenvalue weighted by molar-refractivity contribution is 7.13. The molecule has 5 nitrogen and oxygen atoms in total. The molecule has 6 heteroatoms. The zero-order chi connectivity index (χ0) is 14.8. The number of nitrogens with zero attached hydrogens (tertiary/aromatic N) is 2. The summed E-state index contributed by atoms with van der Waals surface area (Å²) in [5, 5.41) is 3.49. The Hall–Kier alpha value is -1.69. The van der Waals surface area contributed by atoms with E-state index >= 15 is 0 Å². The molecule has 2 aromatic heterocycles. The second-order valence-electron chi connectivity index (χ2n) is 5.60. The van der Waals surface area contributed by atoms with Crippen LogP contribution in [0.15, 0.2) is 17.1 Å². The largest absolute Gasteiger partial charge is 0.314 e. The van der Waals surface area contributed by atoms with E-state index in [9.17, 15) is 9.59 Å². The Bertz CT molecular complexity index is 713. The molecule has 21 heavy (non-hydrogen) atoms. The van der Waals surface area contributed by atoms with E-state index in [0.29, 0.717) is 22.9 Å². The van der Waals surface area contributed by atoms with Gasteiger partial charge in [0.15, 0.2) is 5.82 Å². The minimum absolute atomic E-state index is 0.00824. The number of pyridine rings is 1. The Morgan fingerprint density at radius 1 is 1.48 bits per heavy atom. The average Bonchev–Trinajstić information content (AvgIpc) is 3.12. The third-order valence-electron chi connectivity index (χ3n) is 4.11. The minimum Gasteiger partial charge on any atom is -0.314 e. The van der Waals surface area contributed by atoms with Crippen molar-refractivity contribution in [2.24, 2.45) is 5.92 Å². The van der Waals surface area contributed by atoms with Gasteiger partial charge in [0.05, 0.1) is 0 Å². The zero-order valence-corrected chi connectivity index (χ0v) is 12.9. The first-order valence-corrected chi connectivity index (χ1v) is 8.25. The molecule has 1 N–H and O–H groups in total. The Morgan fingerprint density at radius 2 is 2.24 bits per heavy atom. The van der Waals surface area contributed by atoms with Crippen LogP contribution in [0.5, 0.6) is 0 Å². The average molecular weight is 305 g/mol. The van der Waals surface area contributed by atoms with Crippen LogP contribution in [0, 0.1) is 5.92 Å². The van der Waals surface area contributed by atoms with E-state index < -0.39 is 0 Å². The van der Waals surface area contributed by atoms with Gasteiger partial charge < -0.3 is 9.88 Å². The lowest BCUT2D eigenvalue weighted by Crippen LogP contribution is -2.22. The number of aromatic nitrogens is 2. The first-order chi connectivity index (χ1) is 10.2. The van der Waals surface area contributed by atoms with Gasteiger partial charge in [0.2, 0.25) is 5.91 Å². The van der Waals surface area contributed by atoms with Crippen molar-refractivity contribution in [3.05, 3.63) is 22.6 Å². The van der Waals surface area contributed by atoms with Crippen molar-refractivity contribution >= 4 is 33.3 Å².